The number of hydrogen-bond donors (Lipinski definition) is 1. The van der Waals surface area contributed by atoms with Crippen LogP contribution in [0.15, 0.2) is 12.3 Å². The molecule has 0 spiro atoms. The van der Waals surface area contributed by atoms with Crippen LogP contribution in [0.25, 0.3) is 0 Å². The molecule has 1 heterocycles. The third-order valence-electron chi connectivity index (χ3n) is 3.98. The molecule has 2 rings (SSSR count). The van der Waals surface area contributed by atoms with Crippen LogP contribution in [-0.2, 0) is 6.54 Å². The van der Waals surface area contributed by atoms with E-state index in [1.165, 1.54) is 19.3 Å². The van der Waals surface area contributed by atoms with Crippen molar-refractivity contribution < 1.29 is 0 Å². The predicted octanol–water partition coefficient (Wildman–Crippen LogP) is 3.13. The molecule has 3 heteroatoms. The second-order valence-electron chi connectivity index (χ2n) is 6.20. The molecule has 0 bridgehead atoms. The lowest BCUT2D eigenvalue weighted by molar-refractivity contribution is 0.281. The van der Waals surface area contributed by atoms with Gasteiger partial charge in [0.1, 0.15) is 0 Å². The molecular weight excluding hydrogens is 210 g/mol. The zero-order chi connectivity index (χ0) is 12.5. The second kappa shape index (κ2) is 4.81. The molecule has 1 saturated carbocycles. The highest BCUT2D eigenvalue weighted by Crippen LogP contribution is 2.37. The summed E-state index contributed by atoms with van der Waals surface area (Å²) in [5, 5.41) is 8.24. The van der Waals surface area contributed by atoms with Gasteiger partial charge >= 0.3 is 0 Å². The Hall–Kier alpha value is -0.830. The zero-order valence-corrected chi connectivity index (χ0v) is 11.5. The summed E-state index contributed by atoms with van der Waals surface area (Å²) < 4.78 is 2.02. The van der Waals surface area contributed by atoms with Gasteiger partial charge in [-0.2, -0.15) is 5.10 Å². The van der Waals surface area contributed by atoms with E-state index in [2.05, 4.69) is 50.4 Å². The Kier molecular flexibility index (Phi) is 3.57. The molecule has 0 radical (unpaired) electrons. The molecule has 0 saturated heterocycles. The van der Waals surface area contributed by atoms with Crippen molar-refractivity contribution in [1.29, 1.82) is 0 Å². The molecule has 0 amide bonds. The molecule has 1 aliphatic carbocycles. The summed E-state index contributed by atoms with van der Waals surface area (Å²) in [6, 6.07) is 3.22. The average Bonchev–Trinajstić information content (AvgIpc) is 2.81. The van der Waals surface area contributed by atoms with Crippen molar-refractivity contribution in [3.8, 4) is 0 Å². The standard InChI is InChI=1S/C14H25N3/c1-11(2)17-9-7-12(16-17)10-15-13-6-5-8-14(13,3)4/h7,9,11,13,15H,5-6,8,10H2,1-4H3. The number of aromatic nitrogens is 2. The monoisotopic (exact) mass is 235 g/mol. The van der Waals surface area contributed by atoms with Crippen LogP contribution in [0, 0.1) is 5.41 Å². The molecule has 1 aromatic heterocycles. The Labute approximate surface area is 105 Å². The number of nitrogens with zero attached hydrogens (tertiary/aromatic N) is 2. The first-order valence-corrected chi connectivity index (χ1v) is 6.76. The minimum atomic E-state index is 0.445. The highest BCUT2D eigenvalue weighted by molar-refractivity contribution is 5.01. The second-order valence-corrected chi connectivity index (χ2v) is 6.20. The Morgan fingerprint density at radius 1 is 1.53 bits per heavy atom. The summed E-state index contributed by atoms with van der Waals surface area (Å²) in [6.07, 6.45) is 6.07. The van der Waals surface area contributed by atoms with Crippen LogP contribution in [-0.4, -0.2) is 15.8 Å². The third kappa shape index (κ3) is 2.89. The maximum atomic E-state index is 4.57. The maximum absolute atomic E-state index is 4.57. The smallest absolute Gasteiger partial charge is 0.0762 e. The topological polar surface area (TPSA) is 29.9 Å². The normalized spacial score (nSPS) is 23.5. The molecular formula is C14H25N3. The van der Waals surface area contributed by atoms with E-state index in [9.17, 15) is 0 Å². The maximum Gasteiger partial charge on any atom is 0.0762 e. The molecule has 17 heavy (non-hydrogen) atoms. The van der Waals surface area contributed by atoms with Gasteiger partial charge in [0.05, 0.1) is 5.69 Å². The van der Waals surface area contributed by atoms with Crippen molar-refractivity contribution in [1.82, 2.24) is 15.1 Å². The summed E-state index contributed by atoms with van der Waals surface area (Å²) in [4.78, 5) is 0. The van der Waals surface area contributed by atoms with Crippen molar-refractivity contribution in [3.05, 3.63) is 18.0 Å². The van der Waals surface area contributed by atoms with Crippen molar-refractivity contribution in [2.45, 2.75) is 65.6 Å². The predicted molar refractivity (Wildman–Crippen MR) is 70.9 cm³/mol. The molecule has 1 fully saturated rings. The highest BCUT2D eigenvalue weighted by atomic mass is 15.3. The van der Waals surface area contributed by atoms with Crippen molar-refractivity contribution in [2.75, 3.05) is 0 Å². The largest absolute Gasteiger partial charge is 0.308 e. The van der Waals surface area contributed by atoms with Gasteiger partial charge in [-0.15, -0.1) is 0 Å². The summed E-state index contributed by atoms with van der Waals surface area (Å²) in [6.45, 7) is 9.94. The molecule has 1 aliphatic rings. The lowest BCUT2D eigenvalue weighted by atomic mass is 9.87. The van der Waals surface area contributed by atoms with E-state index >= 15 is 0 Å². The molecule has 1 atom stereocenters. The van der Waals surface area contributed by atoms with Crippen LogP contribution < -0.4 is 5.32 Å². The molecule has 3 nitrogen and oxygen atoms in total. The number of hydrogen-bond acceptors (Lipinski definition) is 2. The van der Waals surface area contributed by atoms with Gasteiger partial charge in [-0.1, -0.05) is 20.3 Å². The lowest BCUT2D eigenvalue weighted by Gasteiger charge is -2.27. The van der Waals surface area contributed by atoms with Crippen LogP contribution in [0.4, 0.5) is 0 Å². The summed E-state index contributed by atoms with van der Waals surface area (Å²) >= 11 is 0. The fourth-order valence-corrected chi connectivity index (χ4v) is 2.69. The highest BCUT2D eigenvalue weighted by Gasteiger charge is 2.33. The van der Waals surface area contributed by atoms with Crippen LogP contribution in [0.3, 0.4) is 0 Å². The van der Waals surface area contributed by atoms with Gasteiger partial charge in [0.25, 0.3) is 0 Å². The molecule has 1 aromatic rings. The summed E-state index contributed by atoms with van der Waals surface area (Å²) in [5.41, 5.74) is 1.60. The first-order chi connectivity index (χ1) is 7.99. The Morgan fingerprint density at radius 3 is 2.82 bits per heavy atom. The Morgan fingerprint density at radius 2 is 2.29 bits per heavy atom. The summed E-state index contributed by atoms with van der Waals surface area (Å²) in [7, 11) is 0. The summed E-state index contributed by atoms with van der Waals surface area (Å²) in [5.74, 6) is 0. The number of nitrogens with one attached hydrogen (secondary N) is 1. The van der Waals surface area contributed by atoms with Gasteiger partial charge in [0.15, 0.2) is 0 Å². The van der Waals surface area contributed by atoms with E-state index < -0.39 is 0 Å². The van der Waals surface area contributed by atoms with Crippen molar-refractivity contribution in [3.63, 3.8) is 0 Å². The minimum absolute atomic E-state index is 0.445. The van der Waals surface area contributed by atoms with Gasteiger partial charge in [0.2, 0.25) is 0 Å². The Balaban J connectivity index is 1.89. The molecule has 0 aromatic carbocycles. The van der Waals surface area contributed by atoms with Crippen LogP contribution >= 0.6 is 0 Å². The van der Waals surface area contributed by atoms with Crippen molar-refractivity contribution >= 4 is 0 Å². The van der Waals surface area contributed by atoms with Gasteiger partial charge in [-0.3, -0.25) is 4.68 Å². The lowest BCUT2D eigenvalue weighted by Crippen LogP contribution is -2.37. The van der Waals surface area contributed by atoms with E-state index in [4.69, 9.17) is 0 Å². The van der Waals surface area contributed by atoms with Gasteiger partial charge in [-0.25, -0.2) is 0 Å². The van der Waals surface area contributed by atoms with E-state index in [0.29, 0.717) is 17.5 Å². The van der Waals surface area contributed by atoms with E-state index in [-0.39, 0.29) is 0 Å². The van der Waals surface area contributed by atoms with Crippen LogP contribution in [0.1, 0.15) is 58.7 Å². The van der Waals surface area contributed by atoms with E-state index in [1.54, 1.807) is 0 Å². The Bertz CT molecular complexity index is 365. The quantitative estimate of drug-likeness (QED) is 0.869. The van der Waals surface area contributed by atoms with Gasteiger partial charge < -0.3 is 5.32 Å². The van der Waals surface area contributed by atoms with E-state index in [1.807, 2.05) is 4.68 Å². The minimum Gasteiger partial charge on any atom is -0.308 e. The zero-order valence-electron chi connectivity index (χ0n) is 11.5. The SMILES string of the molecule is CC(C)n1ccc(CNC2CCCC2(C)C)n1. The first-order valence-electron chi connectivity index (χ1n) is 6.76. The first kappa shape index (κ1) is 12.6. The van der Waals surface area contributed by atoms with Gasteiger partial charge in [-0.05, 0) is 38.2 Å². The molecule has 1 N–H and O–H groups in total. The average molecular weight is 235 g/mol. The fourth-order valence-electron chi connectivity index (χ4n) is 2.69. The van der Waals surface area contributed by atoms with Crippen LogP contribution in [0.5, 0.6) is 0 Å². The third-order valence-corrected chi connectivity index (χ3v) is 3.98. The molecule has 96 valence electrons. The fraction of sp³-hybridized carbons (Fsp3) is 0.786. The molecule has 0 aliphatic heterocycles. The van der Waals surface area contributed by atoms with E-state index in [0.717, 1.165) is 12.2 Å². The van der Waals surface area contributed by atoms with Crippen LogP contribution in [0.2, 0.25) is 0 Å². The van der Waals surface area contributed by atoms with Crippen molar-refractivity contribution in [2.24, 2.45) is 5.41 Å². The molecule has 1 unspecified atom stereocenters. The number of rotatable bonds is 4. The van der Waals surface area contributed by atoms with Gasteiger partial charge in [0, 0.05) is 24.8 Å².